The fourth-order valence-electron chi connectivity index (χ4n) is 3.14. The monoisotopic (exact) mass is 422 g/mol. The number of aliphatic hydroxyl groups excluding tert-OH is 1. The molecular weight excluding hydrogens is 396 g/mol. The number of nitrogens with zero attached hydrogens (tertiary/aromatic N) is 3. The molecule has 2 aromatic rings. The number of aromatic nitrogens is 1. The molecule has 1 unspecified atom stereocenters. The van der Waals surface area contributed by atoms with E-state index in [9.17, 15) is 9.90 Å². The molecule has 0 bridgehead atoms. The van der Waals surface area contributed by atoms with Crippen LogP contribution in [-0.4, -0.2) is 77.8 Å². The Bertz CT molecular complexity index is 775. The summed E-state index contributed by atoms with van der Waals surface area (Å²) in [5, 5.41) is 13.3. The molecule has 1 saturated heterocycles. The molecule has 0 radical (unpaired) electrons. The highest BCUT2D eigenvalue weighted by Crippen LogP contribution is 2.15. The third-order valence-electron chi connectivity index (χ3n) is 4.69. The van der Waals surface area contributed by atoms with Gasteiger partial charge in [-0.05, 0) is 31.2 Å². The molecule has 8 nitrogen and oxygen atoms in total. The molecule has 1 aromatic carbocycles. The van der Waals surface area contributed by atoms with Crippen molar-refractivity contribution in [1.82, 2.24) is 14.8 Å². The number of anilines is 1. The number of piperazine rings is 1. The maximum atomic E-state index is 12.3. The van der Waals surface area contributed by atoms with Gasteiger partial charge in [-0.15, -0.1) is 0 Å². The maximum Gasteiger partial charge on any atom is 0.277 e. The van der Waals surface area contributed by atoms with Crippen LogP contribution in [0, 0.1) is 0 Å². The molecule has 0 aliphatic carbocycles. The molecule has 1 atom stereocenters. The Morgan fingerprint density at radius 3 is 2.66 bits per heavy atom. The highest BCUT2D eigenvalue weighted by molar-refractivity contribution is 6.30. The number of nitrogens with one attached hydrogen (secondary N) is 1. The van der Waals surface area contributed by atoms with Crippen LogP contribution < -0.4 is 5.32 Å². The summed E-state index contributed by atoms with van der Waals surface area (Å²) in [6, 6.07) is 6.87. The number of oxazole rings is 1. The van der Waals surface area contributed by atoms with Crippen molar-refractivity contribution in [2.75, 3.05) is 51.3 Å². The molecule has 1 fully saturated rings. The first-order valence-electron chi connectivity index (χ1n) is 9.75. The zero-order valence-corrected chi connectivity index (χ0v) is 17.3. The summed E-state index contributed by atoms with van der Waals surface area (Å²) in [6.07, 6.45) is 0.913. The minimum Gasteiger partial charge on any atom is -0.447 e. The van der Waals surface area contributed by atoms with E-state index in [4.69, 9.17) is 20.8 Å². The van der Waals surface area contributed by atoms with Crippen LogP contribution >= 0.6 is 11.6 Å². The number of halogens is 1. The number of benzene rings is 1. The lowest BCUT2D eigenvalue weighted by Gasteiger charge is -2.34. The molecule has 2 N–H and O–H groups in total. The van der Waals surface area contributed by atoms with Gasteiger partial charge in [0.1, 0.15) is 6.26 Å². The molecule has 29 heavy (non-hydrogen) atoms. The van der Waals surface area contributed by atoms with E-state index in [2.05, 4.69) is 20.1 Å². The van der Waals surface area contributed by atoms with E-state index in [1.165, 1.54) is 6.26 Å². The number of hydrogen-bond acceptors (Lipinski definition) is 7. The second-order valence-corrected chi connectivity index (χ2v) is 7.41. The summed E-state index contributed by atoms with van der Waals surface area (Å²) >= 11 is 5.85. The second kappa shape index (κ2) is 10.7. The predicted molar refractivity (Wildman–Crippen MR) is 110 cm³/mol. The zero-order valence-electron chi connectivity index (χ0n) is 16.5. The summed E-state index contributed by atoms with van der Waals surface area (Å²) in [5.41, 5.74) is 0.888. The van der Waals surface area contributed by atoms with Gasteiger partial charge in [0, 0.05) is 50.0 Å². The predicted octanol–water partition coefficient (Wildman–Crippen LogP) is 2.10. The normalized spacial score (nSPS) is 16.7. The van der Waals surface area contributed by atoms with Gasteiger partial charge in [0.25, 0.3) is 5.91 Å². The van der Waals surface area contributed by atoms with Crippen LogP contribution in [0.5, 0.6) is 0 Å². The first-order valence-corrected chi connectivity index (χ1v) is 10.1. The third kappa shape index (κ3) is 6.80. The molecular formula is C20H27ClN4O4. The van der Waals surface area contributed by atoms with Gasteiger partial charge in [0.2, 0.25) is 5.89 Å². The molecule has 0 spiro atoms. The van der Waals surface area contributed by atoms with E-state index in [1.807, 2.05) is 6.92 Å². The van der Waals surface area contributed by atoms with E-state index in [1.54, 1.807) is 24.3 Å². The standard InChI is InChI=1S/C20H27ClN4O4/c1-2-28-13-17(26)11-24-7-9-25(10-8-24)12-19-23-18(14-29-19)20(27)22-16-5-3-15(21)4-6-16/h3-6,14,17,26H,2,7-13H2,1H3,(H,22,27). The van der Waals surface area contributed by atoms with Gasteiger partial charge in [0.05, 0.1) is 19.3 Å². The fraction of sp³-hybridized carbons (Fsp3) is 0.500. The van der Waals surface area contributed by atoms with Crippen LogP contribution in [0.1, 0.15) is 23.3 Å². The van der Waals surface area contributed by atoms with Gasteiger partial charge >= 0.3 is 0 Å². The number of aliphatic hydroxyl groups is 1. The number of ether oxygens (including phenoxy) is 1. The van der Waals surface area contributed by atoms with Crippen LogP contribution in [-0.2, 0) is 11.3 Å². The average Bonchev–Trinajstić information content (AvgIpc) is 3.18. The van der Waals surface area contributed by atoms with Crippen molar-refractivity contribution in [2.24, 2.45) is 0 Å². The minimum absolute atomic E-state index is 0.243. The molecule has 2 heterocycles. The Balaban J connectivity index is 1.43. The van der Waals surface area contributed by atoms with Crippen molar-refractivity contribution in [3.63, 3.8) is 0 Å². The van der Waals surface area contributed by atoms with Crippen LogP contribution in [0.25, 0.3) is 0 Å². The lowest BCUT2D eigenvalue weighted by molar-refractivity contribution is 0.00949. The maximum absolute atomic E-state index is 12.3. The number of carbonyl (C=O) groups excluding carboxylic acids is 1. The number of rotatable bonds is 9. The Morgan fingerprint density at radius 1 is 1.28 bits per heavy atom. The van der Waals surface area contributed by atoms with Gasteiger partial charge in [-0.1, -0.05) is 11.6 Å². The van der Waals surface area contributed by atoms with Crippen molar-refractivity contribution in [2.45, 2.75) is 19.6 Å². The highest BCUT2D eigenvalue weighted by Gasteiger charge is 2.21. The van der Waals surface area contributed by atoms with E-state index in [0.29, 0.717) is 42.9 Å². The average molecular weight is 423 g/mol. The molecule has 3 rings (SSSR count). The smallest absolute Gasteiger partial charge is 0.277 e. The first-order chi connectivity index (χ1) is 14.0. The highest BCUT2D eigenvalue weighted by atomic mass is 35.5. The van der Waals surface area contributed by atoms with Gasteiger partial charge in [-0.3, -0.25) is 14.6 Å². The van der Waals surface area contributed by atoms with Crippen LogP contribution in [0.4, 0.5) is 5.69 Å². The zero-order chi connectivity index (χ0) is 20.6. The topological polar surface area (TPSA) is 91.1 Å². The summed E-state index contributed by atoms with van der Waals surface area (Å²) in [5.74, 6) is 0.187. The SMILES string of the molecule is CCOCC(O)CN1CCN(Cc2nc(C(=O)Nc3ccc(Cl)cc3)co2)CC1. The lowest BCUT2D eigenvalue weighted by atomic mass is 10.2. The van der Waals surface area contributed by atoms with Gasteiger partial charge < -0.3 is 19.6 Å². The van der Waals surface area contributed by atoms with Crippen molar-refractivity contribution >= 4 is 23.2 Å². The third-order valence-corrected chi connectivity index (χ3v) is 4.95. The van der Waals surface area contributed by atoms with Crippen LogP contribution in [0.3, 0.4) is 0 Å². The van der Waals surface area contributed by atoms with E-state index < -0.39 is 6.10 Å². The number of carbonyl (C=O) groups is 1. The Hall–Kier alpha value is -1.97. The largest absolute Gasteiger partial charge is 0.447 e. The number of hydrogen-bond donors (Lipinski definition) is 2. The molecule has 1 aliphatic rings. The van der Waals surface area contributed by atoms with Crippen molar-refractivity contribution in [3.8, 4) is 0 Å². The fourth-order valence-corrected chi connectivity index (χ4v) is 3.27. The van der Waals surface area contributed by atoms with Crippen LogP contribution in [0.15, 0.2) is 34.9 Å². The molecule has 9 heteroatoms. The molecule has 0 saturated carbocycles. The molecule has 1 amide bonds. The Morgan fingerprint density at radius 2 is 1.97 bits per heavy atom. The van der Waals surface area contributed by atoms with Gasteiger partial charge in [-0.2, -0.15) is 0 Å². The molecule has 1 aliphatic heterocycles. The van der Waals surface area contributed by atoms with E-state index in [-0.39, 0.29) is 11.6 Å². The Labute approximate surface area is 175 Å². The lowest BCUT2D eigenvalue weighted by Crippen LogP contribution is -2.48. The quantitative estimate of drug-likeness (QED) is 0.639. The van der Waals surface area contributed by atoms with Crippen molar-refractivity contribution < 1.29 is 19.1 Å². The molecule has 158 valence electrons. The van der Waals surface area contributed by atoms with E-state index in [0.717, 1.165) is 26.2 Å². The second-order valence-electron chi connectivity index (χ2n) is 6.98. The molecule has 1 aromatic heterocycles. The number of β-amino-alcohol motifs (C(OH)–C–C–N with tert-alkyl or cyclic N) is 1. The first kappa shape index (κ1) is 21.7. The van der Waals surface area contributed by atoms with Crippen molar-refractivity contribution in [3.05, 3.63) is 47.1 Å². The summed E-state index contributed by atoms with van der Waals surface area (Å²) in [7, 11) is 0. The summed E-state index contributed by atoms with van der Waals surface area (Å²) < 4.78 is 10.7. The summed E-state index contributed by atoms with van der Waals surface area (Å²) in [6.45, 7) is 7.45. The van der Waals surface area contributed by atoms with Crippen molar-refractivity contribution in [1.29, 1.82) is 0 Å². The van der Waals surface area contributed by atoms with Gasteiger partial charge in [-0.25, -0.2) is 4.98 Å². The van der Waals surface area contributed by atoms with E-state index >= 15 is 0 Å². The Kier molecular flexibility index (Phi) is 8.02. The summed E-state index contributed by atoms with van der Waals surface area (Å²) in [4.78, 5) is 21.1. The van der Waals surface area contributed by atoms with Gasteiger partial charge in [0.15, 0.2) is 5.69 Å². The minimum atomic E-state index is -0.463. The van der Waals surface area contributed by atoms with Crippen LogP contribution in [0.2, 0.25) is 5.02 Å². The number of amides is 1.